The molecule has 0 bridgehead atoms. The second-order valence-corrected chi connectivity index (χ2v) is 21.8. The number of hydrogen-bond acceptors (Lipinski definition) is 12. The van der Waals surface area contributed by atoms with Crippen molar-refractivity contribution in [2.45, 2.75) is 155 Å². The molecule has 0 spiro atoms. The summed E-state index contributed by atoms with van der Waals surface area (Å²) in [4.78, 5) is 57.2. The summed E-state index contributed by atoms with van der Waals surface area (Å²) in [5.74, 6) is -1.01. The summed E-state index contributed by atoms with van der Waals surface area (Å²) < 4.78 is 32.4. The molecule has 2 N–H and O–H groups in total. The number of fused-ring (bicyclic) bond motifs is 1. The summed E-state index contributed by atoms with van der Waals surface area (Å²) in [6, 6.07) is 4.41. The summed E-state index contributed by atoms with van der Waals surface area (Å²) in [7, 11) is -2.58. The molecular formula is C38H58N6O9Si. The molecule has 15 nitrogen and oxygen atoms in total. The Labute approximate surface area is 319 Å². The van der Waals surface area contributed by atoms with E-state index < -0.39 is 67.3 Å². The highest BCUT2D eigenvalue weighted by atomic mass is 28.4. The first kappa shape index (κ1) is 42.7. The number of carbonyl (C=O) groups is 4. The third-order valence-electron chi connectivity index (χ3n) is 9.22. The van der Waals surface area contributed by atoms with Gasteiger partial charge in [0.15, 0.2) is 20.2 Å². The lowest BCUT2D eigenvalue weighted by molar-refractivity contribution is -0.164. The fourth-order valence-electron chi connectivity index (χ4n) is 6.80. The highest BCUT2D eigenvalue weighted by Crippen LogP contribution is 2.45. The maximum Gasteiger partial charge on any atom is 0.408 e. The van der Waals surface area contributed by atoms with Crippen molar-refractivity contribution in [2.75, 3.05) is 11.9 Å². The summed E-state index contributed by atoms with van der Waals surface area (Å²) in [6.07, 6.45) is 3.09. The van der Waals surface area contributed by atoms with Crippen molar-refractivity contribution in [2.24, 2.45) is 11.3 Å². The van der Waals surface area contributed by atoms with Gasteiger partial charge in [0.25, 0.3) is 0 Å². The maximum absolute atomic E-state index is 14.3. The van der Waals surface area contributed by atoms with Crippen molar-refractivity contribution in [3.05, 3.63) is 24.2 Å². The van der Waals surface area contributed by atoms with Crippen LogP contribution in [0.5, 0.6) is 0 Å². The van der Waals surface area contributed by atoms with Crippen molar-refractivity contribution < 1.29 is 42.6 Å². The smallest absolute Gasteiger partial charge is 0.408 e. The first-order chi connectivity index (χ1) is 25.2. The van der Waals surface area contributed by atoms with E-state index in [9.17, 15) is 24.4 Å². The van der Waals surface area contributed by atoms with Crippen LogP contribution in [-0.2, 0) is 43.4 Å². The molecule has 1 saturated heterocycles. The SMILES string of the molecule is CCCC(=O)Nc1ncnn2c([C@]3(C#N)O[C@H](COC(=O)CC4CCCCC4)[C@@H](OC(=O)[C@@H](NC(=O)OC(C)(C)C)C(C)(C)C)[C@H]3O[Si](C)(C)C)ccc12. The number of alkyl carbamates (subject to hydrolysis) is 1. The van der Waals surface area contributed by atoms with Gasteiger partial charge in [-0.05, 0) is 83.1 Å². The van der Waals surface area contributed by atoms with Crippen molar-refractivity contribution in [3.63, 3.8) is 0 Å². The van der Waals surface area contributed by atoms with E-state index in [0.29, 0.717) is 11.9 Å². The molecule has 2 amide bonds. The van der Waals surface area contributed by atoms with Gasteiger partial charge in [-0.25, -0.2) is 19.1 Å². The standard InChI is InChI=1S/C38H58N6O9Si/c1-11-15-28(45)42-33-25-18-19-27(44(25)41-23-40-33)38(22-39)32(53-54(8,9)10)30(26(51-38)21-49-29(46)20-24-16-13-12-14-17-24)50-34(47)31(36(2,3)4)43-35(48)52-37(5,6)7/h18-19,23-24,26,30-32H,11-17,20-21H2,1-10H3,(H,43,48)(H,40,41,42,45)/t26-,30-,31-,32-,38+/m1/s1. The lowest BCUT2D eigenvalue weighted by Crippen LogP contribution is -2.55. The van der Waals surface area contributed by atoms with Crippen LogP contribution in [0.25, 0.3) is 5.52 Å². The van der Waals surface area contributed by atoms with Gasteiger partial charge in [-0.3, -0.25) is 9.59 Å². The van der Waals surface area contributed by atoms with Crippen LogP contribution in [0.4, 0.5) is 10.6 Å². The van der Waals surface area contributed by atoms with Gasteiger partial charge in [0, 0.05) is 12.8 Å². The quantitative estimate of drug-likeness (QED) is 0.134. The Kier molecular flexibility index (Phi) is 13.6. The van der Waals surface area contributed by atoms with Crippen LogP contribution < -0.4 is 10.6 Å². The highest BCUT2D eigenvalue weighted by molar-refractivity contribution is 6.69. The van der Waals surface area contributed by atoms with Gasteiger partial charge in [0.2, 0.25) is 11.5 Å². The Morgan fingerprint density at radius 3 is 2.37 bits per heavy atom. The number of aromatic nitrogens is 3. The van der Waals surface area contributed by atoms with Crippen molar-refractivity contribution >= 4 is 43.6 Å². The predicted octanol–water partition coefficient (Wildman–Crippen LogP) is 6.17. The van der Waals surface area contributed by atoms with E-state index in [-0.39, 0.29) is 42.8 Å². The Morgan fingerprint density at radius 1 is 1.09 bits per heavy atom. The average molecular weight is 771 g/mol. The molecule has 16 heteroatoms. The zero-order valence-electron chi connectivity index (χ0n) is 33.4. The molecule has 0 unspecified atom stereocenters. The molecule has 0 aromatic carbocycles. The largest absolute Gasteiger partial charge is 0.463 e. The van der Waals surface area contributed by atoms with E-state index in [1.807, 2.05) is 26.6 Å². The molecule has 3 heterocycles. The lowest BCUT2D eigenvalue weighted by atomic mass is 9.86. The molecular weight excluding hydrogens is 713 g/mol. The molecule has 4 rings (SSSR count). The molecule has 5 atom stereocenters. The Bertz CT molecular complexity index is 1700. The molecule has 54 heavy (non-hydrogen) atoms. The van der Waals surface area contributed by atoms with Gasteiger partial charge in [-0.1, -0.05) is 47.0 Å². The highest BCUT2D eigenvalue weighted by Gasteiger charge is 2.62. The lowest BCUT2D eigenvalue weighted by Gasteiger charge is -2.35. The Morgan fingerprint density at radius 2 is 1.78 bits per heavy atom. The first-order valence-electron chi connectivity index (χ1n) is 18.9. The zero-order chi connectivity index (χ0) is 40.1. The topological polar surface area (TPSA) is 192 Å². The molecule has 0 radical (unpaired) electrons. The number of rotatable bonds is 13. The van der Waals surface area contributed by atoms with Gasteiger partial charge < -0.3 is 34.0 Å². The van der Waals surface area contributed by atoms with E-state index in [0.717, 1.165) is 32.1 Å². The fraction of sp³-hybridized carbons (Fsp3) is 0.711. The summed E-state index contributed by atoms with van der Waals surface area (Å²) in [5.41, 5.74) is -3.00. The third-order valence-corrected chi connectivity index (χ3v) is 10.2. The van der Waals surface area contributed by atoms with E-state index in [1.54, 1.807) is 53.7 Å². The molecule has 1 saturated carbocycles. The Hall–Kier alpha value is -4.07. The summed E-state index contributed by atoms with van der Waals surface area (Å²) >= 11 is 0. The van der Waals surface area contributed by atoms with Gasteiger partial charge >= 0.3 is 18.0 Å². The summed E-state index contributed by atoms with van der Waals surface area (Å²) in [6.45, 7) is 17.8. The van der Waals surface area contributed by atoms with E-state index in [2.05, 4.69) is 26.8 Å². The van der Waals surface area contributed by atoms with Crippen LogP contribution in [0.3, 0.4) is 0 Å². The maximum atomic E-state index is 14.3. The van der Waals surface area contributed by atoms with Gasteiger partial charge in [0.1, 0.15) is 48.4 Å². The number of hydrogen-bond donors (Lipinski definition) is 2. The number of amides is 2. The number of anilines is 1. The molecule has 2 fully saturated rings. The van der Waals surface area contributed by atoms with Crippen molar-refractivity contribution in [1.82, 2.24) is 19.9 Å². The molecule has 1 aliphatic heterocycles. The van der Waals surface area contributed by atoms with E-state index in [4.69, 9.17) is 23.4 Å². The second-order valence-electron chi connectivity index (χ2n) is 17.3. The number of nitrogens with zero attached hydrogens (tertiary/aromatic N) is 4. The third kappa shape index (κ3) is 10.8. The zero-order valence-corrected chi connectivity index (χ0v) is 34.4. The minimum Gasteiger partial charge on any atom is -0.463 e. The van der Waals surface area contributed by atoms with Gasteiger partial charge in [-0.15, -0.1) is 0 Å². The Balaban J connectivity index is 1.78. The molecule has 2 aromatic rings. The van der Waals surface area contributed by atoms with Gasteiger partial charge in [0.05, 0.1) is 5.69 Å². The predicted molar refractivity (Wildman–Crippen MR) is 202 cm³/mol. The number of nitriles is 1. The van der Waals surface area contributed by atoms with Crippen LogP contribution in [0, 0.1) is 22.7 Å². The van der Waals surface area contributed by atoms with Crippen LogP contribution in [0.2, 0.25) is 19.6 Å². The second kappa shape index (κ2) is 17.2. The van der Waals surface area contributed by atoms with Crippen LogP contribution in [0.15, 0.2) is 18.5 Å². The van der Waals surface area contributed by atoms with Crippen LogP contribution in [0.1, 0.15) is 106 Å². The number of esters is 2. The van der Waals surface area contributed by atoms with E-state index >= 15 is 0 Å². The monoisotopic (exact) mass is 770 g/mol. The van der Waals surface area contributed by atoms with Crippen LogP contribution >= 0.6 is 0 Å². The average Bonchev–Trinajstić information content (AvgIpc) is 3.61. The minimum atomic E-state index is -2.58. The first-order valence-corrected chi connectivity index (χ1v) is 22.3. The van der Waals surface area contributed by atoms with Gasteiger partial charge in [-0.2, -0.15) is 10.4 Å². The number of nitrogens with one attached hydrogen (secondary N) is 2. The fourth-order valence-corrected chi connectivity index (χ4v) is 7.86. The van der Waals surface area contributed by atoms with E-state index in [1.165, 1.54) is 10.8 Å². The van der Waals surface area contributed by atoms with Crippen LogP contribution in [-0.4, -0.2) is 83.4 Å². The number of carbonyl (C=O) groups excluding carboxylic acids is 4. The van der Waals surface area contributed by atoms with Crippen molar-refractivity contribution in [3.8, 4) is 6.07 Å². The number of ether oxygens (including phenoxy) is 4. The summed E-state index contributed by atoms with van der Waals surface area (Å²) in [5, 5.41) is 21.0. The molecule has 2 aromatic heterocycles. The molecule has 2 aliphatic rings. The normalized spacial score (nSPS) is 22.9. The molecule has 1 aliphatic carbocycles. The van der Waals surface area contributed by atoms with Crippen molar-refractivity contribution in [1.29, 1.82) is 5.26 Å². The molecule has 298 valence electrons. The minimum absolute atomic E-state index is 0.218.